The molecule has 7 nitrogen and oxygen atoms in total. The highest BCUT2D eigenvalue weighted by molar-refractivity contribution is 7.90. The van der Waals surface area contributed by atoms with Crippen molar-refractivity contribution in [2.45, 2.75) is 10.9 Å². The summed E-state index contributed by atoms with van der Waals surface area (Å²) in [5, 5.41) is 18.0. The summed E-state index contributed by atoms with van der Waals surface area (Å²) in [5.74, 6) is 0.228. The molecule has 4 N–H and O–H groups in total. The third-order valence-corrected chi connectivity index (χ3v) is 2.95. The van der Waals surface area contributed by atoms with E-state index in [0.29, 0.717) is 0 Å². The van der Waals surface area contributed by atoms with E-state index >= 15 is 0 Å². The fraction of sp³-hybridized carbons (Fsp3) is 0.500. The third-order valence-electron chi connectivity index (χ3n) is 2.01. The van der Waals surface area contributed by atoms with Gasteiger partial charge >= 0.3 is 0 Å². The lowest BCUT2D eigenvalue weighted by Gasteiger charge is -2.02. The van der Waals surface area contributed by atoms with Crippen molar-refractivity contribution >= 4 is 9.92 Å². The van der Waals surface area contributed by atoms with Crippen molar-refractivity contribution in [1.82, 2.24) is 9.78 Å². The number of nitrogens with two attached hydrogens (primary N) is 1. The Hall–Kier alpha value is -1.12. The molecule has 0 bridgehead atoms. The highest BCUT2D eigenvalue weighted by atomic mass is 32.2. The van der Waals surface area contributed by atoms with Crippen LogP contribution in [0.4, 0.5) is 0 Å². The Morgan fingerprint density at radius 2 is 2.64 bits per heavy atom. The number of nitrogens with zero attached hydrogens (tertiary/aromatic N) is 2. The number of aliphatic hydroxyl groups is 1. The summed E-state index contributed by atoms with van der Waals surface area (Å²) >= 11 is 0. The lowest BCUT2D eigenvalue weighted by Crippen LogP contribution is -2.12. The van der Waals surface area contributed by atoms with E-state index in [1.54, 1.807) is 0 Å². The van der Waals surface area contributed by atoms with Gasteiger partial charge in [0.15, 0.2) is 0 Å². The third kappa shape index (κ3) is 1.27. The molecule has 1 aliphatic rings. The Bertz CT molecular complexity index is 452. The normalized spacial score (nSPS) is 24.0. The molecule has 0 aromatic carbocycles. The monoisotopic (exact) mass is 218 g/mol. The quantitative estimate of drug-likeness (QED) is 0.596. The SMILES string of the molecule is N=S(N)(=O)c1cnn2c1OCC2CO. The van der Waals surface area contributed by atoms with E-state index < -0.39 is 9.92 Å². The van der Waals surface area contributed by atoms with Gasteiger partial charge in [-0.1, -0.05) is 0 Å². The van der Waals surface area contributed by atoms with Gasteiger partial charge in [0.2, 0.25) is 5.88 Å². The van der Waals surface area contributed by atoms with Gasteiger partial charge in [-0.3, -0.25) is 0 Å². The van der Waals surface area contributed by atoms with Crippen molar-refractivity contribution in [3.8, 4) is 5.88 Å². The minimum atomic E-state index is -3.31. The molecule has 2 unspecified atom stereocenters. The Morgan fingerprint density at radius 3 is 3.21 bits per heavy atom. The lowest BCUT2D eigenvalue weighted by atomic mass is 10.4. The molecule has 2 heterocycles. The number of nitrogens with one attached hydrogen (secondary N) is 1. The van der Waals surface area contributed by atoms with Crippen molar-refractivity contribution in [3.63, 3.8) is 0 Å². The first kappa shape index (κ1) is 9.44. The number of aliphatic hydroxyl groups excluding tert-OH is 1. The van der Waals surface area contributed by atoms with Gasteiger partial charge in [0, 0.05) is 0 Å². The van der Waals surface area contributed by atoms with Crippen LogP contribution in [0.1, 0.15) is 6.04 Å². The van der Waals surface area contributed by atoms with E-state index in [1.165, 1.54) is 10.9 Å². The first-order chi connectivity index (χ1) is 6.54. The Balaban J connectivity index is 2.51. The van der Waals surface area contributed by atoms with Gasteiger partial charge in [-0.05, 0) is 0 Å². The molecule has 8 heteroatoms. The summed E-state index contributed by atoms with van der Waals surface area (Å²) in [4.78, 5) is 0.0773. The van der Waals surface area contributed by atoms with Gasteiger partial charge in [-0.2, -0.15) is 5.10 Å². The van der Waals surface area contributed by atoms with Crippen LogP contribution in [0.25, 0.3) is 0 Å². The molecule has 1 aromatic heterocycles. The standard InChI is InChI=1S/C6H10N4O3S/c7-14(8,12)5-1-9-10-4(2-11)3-13-6(5)10/h1,4,11H,2-3H2,(H3,7,8,12). The average molecular weight is 218 g/mol. The van der Waals surface area contributed by atoms with Gasteiger partial charge in [0.25, 0.3) is 0 Å². The Morgan fingerprint density at radius 1 is 1.93 bits per heavy atom. The van der Waals surface area contributed by atoms with Crippen LogP contribution in [-0.4, -0.2) is 32.3 Å². The van der Waals surface area contributed by atoms with Crippen LogP contribution >= 0.6 is 0 Å². The van der Waals surface area contributed by atoms with E-state index in [2.05, 4.69) is 5.10 Å². The van der Waals surface area contributed by atoms with Crippen LogP contribution in [0, 0.1) is 4.78 Å². The molecule has 0 spiro atoms. The first-order valence-electron chi connectivity index (χ1n) is 3.91. The smallest absolute Gasteiger partial charge is 0.231 e. The molecule has 1 aliphatic heterocycles. The minimum Gasteiger partial charge on any atom is -0.475 e. The van der Waals surface area contributed by atoms with Gasteiger partial charge in [-0.15, -0.1) is 0 Å². The number of aromatic nitrogens is 2. The fourth-order valence-electron chi connectivity index (χ4n) is 1.32. The largest absolute Gasteiger partial charge is 0.475 e. The van der Waals surface area contributed by atoms with Crippen LogP contribution in [0.2, 0.25) is 0 Å². The predicted molar refractivity (Wildman–Crippen MR) is 47.2 cm³/mol. The lowest BCUT2D eigenvalue weighted by molar-refractivity contribution is 0.206. The number of hydrogen-bond acceptors (Lipinski definition) is 5. The zero-order chi connectivity index (χ0) is 10.3. The highest BCUT2D eigenvalue weighted by Crippen LogP contribution is 2.31. The van der Waals surface area contributed by atoms with Crippen molar-refractivity contribution < 1.29 is 14.1 Å². The molecule has 1 aromatic rings. The second-order valence-electron chi connectivity index (χ2n) is 3.01. The summed E-state index contributed by atoms with van der Waals surface area (Å²) < 4.78 is 25.0. The van der Waals surface area contributed by atoms with Gasteiger partial charge in [0.05, 0.1) is 12.8 Å². The van der Waals surface area contributed by atoms with Gasteiger partial charge in [-0.25, -0.2) is 18.8 Å². The molecule has 2 atom stereocenters. The summed E-state index contributed by atoms with van der Waals surface area (Å²) in [5.41, 5.74) is 0. The van der Waals surface area contributed by atoms with Crippen LogP contribution in [0.5, 0.6) is 5.88 Å². The number of rotatable bonds is 2. The average Bonchev–Trinajstić information content (AvgIpc) is 2.59. The van der Waals surface area contributed by atoms with Crippen LogP contribution in [0.3, 0.4) is 0 Å². The van der Waals surface area contributed by atoms with E-state index in [0.717, 1.165) is 0 Å². The van der Waals surface area contributed by atoms with Gasteiger partial charge in [0.1, 0.15) is 27.5 Å². The van der Waals surface area contributed by atoms with E-state index in [1.807, 2.05) is 0 Å². The zero-order valence-corrected chi connectivity index (χ0v) is 8.03. The molecular weight excluding hydrogens is 208 g/mol. The molecule has 0 saturated heterocycles. The van der Waals surface area contributed by atoms with Crippen LogP contribution in [-0.2, 0) is 9.92 Å². The molecule has 0 aliphatic carbocycles. The molecule has 78 valence electrons. The van der Waals surface area contributed by atoms with Crippen molar-refractivity contribution in [1.29, 1.82) is 4.78 Å². The minimum absolute atomic E-state index is 0.0773. The van der Waals surface area contributed by atoms with E-state index in [-0.39, 0.29) is 30.0 Å². The fourth-order valence-corrected chi connectivity index (χ4v) is 1.93. The highest BCUT2D eigenvalue weighted by Gasteiger charge is 2.29. The molecule has 0 amide bonds. The van der Waals surface area contributed by atoms with Crippen molar-refractivity contribution in [2.75, 3.05) is 13.2 Å². The maximum atomic E-state index is 11.3. The number of fused-ring (bicyclic) bond motifs is 1. The van der Waals surface area contributed by atoms with Crippen molar-refractivity contribution in [3.05, 3.63) is 6.20 Å². The van der Waals surface area contributed by atoms with Crippen molar-refractivity contribution in [2.24, 2.45) is 5.14 Å². The second kappa shape index (κ2) is 2.94. The summed E-state index contributed by atoms with van der Waals surface area (Å²) in [6, 6.07) is -0.277. The summed E-state index contributed by atoms with van der Waals surface area (Å²) in [6.45, 7) is 0.153. The molecule has 2 rings (SSSR count). The zero-order valence-electron chi connectivity index (χ0n) is 7.21. The summed E-state index contributed by atoms with van der Waals surface area (Å²) in [6.07, 6.45) is 1.24. The summed E-state index contributed by atoms with van der Waals surface area (Å²) in [7, 11) is -3.31. The maximum Gasteiger partial charge on any atom is 0.231 e. The molecule has 0 fully saturated rings. The van der Waals surface area contributed by atoms with Gasteiger partial charge < -0.3 is 9.84 Å². The van der Waals surface area contributed by atoms with Crippen LogP contribution < -0.4 is 9.88 Å². The first-order valence-corrected chi connectivity index (χ1v) is 5.54. The molecule has 0 radical (unpaired) electrons. The Kier molecular flexibility index (Phi) is 1.98. The maximum absolute atomic E-state index is 11.3. The topological polar surface area (TPSA) is 114 Å². The number of hydrogen-bond donors (Lipinski definition) is 3. The number of ether oxygens (including phenoxy) is 1. The second-order valence-corrected chi connectivity index (χ2v) is 4.65. The van der Waals surface area contributed by atoms with Crippen LogP contribution in [0.15, 0.2) is 11.1 Å². The van der Waals surface area contributed by atoms with E-state index in [9.17, 15) is 4.21 Å². The Labute approximate surface area is 80.6 Å². The molecule has 0 saturated carbocycles. The van der Waals surface area contributed by atoms with E-state index in [4.69, 9.17) is 19.8 Å². The predicted octanol–water partition coefficient (Wildman–Crippen LogP) is -0.912. The molecule has 14 heavy (non-hydrogen) atoms. The molecular formula is C6H10N4O3S.